The number of benzene rings is 1. The number of ether oxygens (including phenoxy) is 2. The molecule has 98 valence electrons. The van der Waals surface area contributed by atoms with Gasteiger partial charge in [0.2, 0.25) is 5.88 Å². The van der Waals surface area contributed by atoms with Crippen LogP contribution in [0.1, 0.15) is 10.4 Å². The minimum Gasteiger partial charge on any atom is -0.465 e. The molecule has 0 N–H and O–H groups in total. The van der Waals surface area contributed by atoms with E-state index in [2.05, 4.69) is 30.6 Å². The van der Waals surface area contributed by atoms with Crippen LogP contribution in [0.3, 0.4) is 0 Å². The summed E-state index contributed by atoms with van der Waals surface area (Å²) in [6.45, 7) is 0. The molecule has 7 heteroatoms. The van der Waals surface area contributed by atoms with Crippen molar-refractivity contribution in [2.24, 2.45) is 0 Å². The van der Waals surface area contributed by atoms with E-state index in [9.17, 15) is 9.18 Å². The van der Waals surface area contributed by atoms with Gasteiger partial charge in [-0.1, -0.05) is 15.9 Å². The van der Waals surface area contributed by atoms with Gasteiger partial charge in [-0.25, -0.2) is 19.2 Å². The Labute approximate surface area is 116 Å². The highest BCUT2D eigenvalue weighted by Crippen LogP contribution is 2.28. The standard InChI is InChI=1S/C12H8BrFN2O3/c1-18-12(17)8-5-15-6-16-11(8)19-10-4-7(13)2-3-9(10)14/h2-6H,1H3. The van der Waals surface area contributed by atoms with Gasteiger partial charge < -0.3 is 9.47 Å². The van der Waals surface area contributed by atoms with Crippen LogP contribution < -0.4 is 4.74 Å². The lowest BCUT2D eigenvalue weighted by Crippen LogP contribution is -2.06. The largest absolute Gasteiger partial charge is 0.465 e. The molecule has 0 aliphatic rings. The summed E-state index contributed by atoms with van der Waals surface area (Å²) in [5.41, 5.74) is 0.0179. The Kier molecular flexibility index (Phi) is 4.06. The number of carbonyl (C=O) groups is 1. The van der Waals surface area contributed by atoms with E-state index in [1.54, 1.807) is 0 Å². The molecule has 1 aromatic carbocycles. The maximum atomic E-state index is 13.6. The summed E-state index contributed by atoms with van der Waals surface area (Å²) in [7, 11) is 1.22. The number of carbonyl (C=O) groups excluding carboxylic acids is 1. The van der Waals surface area contributed by atoms with Gasteiger partial charge in [0.05, 0.1) is 7.11 Å². The summed E-state index contributed by atoms with van der Waals surface area (Å²) in [6, 6.07) is 4.19. The Balaban J connectivity index is 2.38. The quantitative estimate of drug-likeness (QED) is 0.811. The van der Waals surface area contributed by atoms with E-state index in [1.807, 2.05) is 0 Å². The van der Waals surface area contributed by atoms with Crippen LogP contribution >= 0.6 is 15.9 Å². The Morgan fingerprint density at radius 2 is 2.21 bits per heavy atom. The van der Waals surface area contributed by atoms with E-state index in [4.69, 9.17) is 4.74 Å². The van der Waals surface area contributed by atoms with Gasteiger partial charge in [0.1, 0.15) is 11.9 Å². The van der Waals surface area contributed by atoms with Crippen molar-refractivity contribution in [3.63, 3.8) is 0 Å². The van der Waals surface area contributed by atoms with Gasteiger partial charge in [0.25, 0.3) is 0 Å². The van der Waals surface area contributed by atoms with Crippen LogP contribution in [-0.2, 0) is 4.74 Å². The van der Waals surface area contributed by atoms with Crippen molar-refractivity contribution < 1.29 is 18.7 Å². The molecular formula is C12H8BrFN2O3. The van der Waals surface area contributed by atoms with E-state index < -0.39 is 11.8 Å². The van der Waals surface area contributed by atoms with Crippen LogP contribution in [0.15, 0.2) is 35.2 Å². The molecule has 0 bridgehead atoms. The van der Waals surface area contributed by atoms with Gasteiger partial charge in [-0.2, -0.15) is 0 Å². The van der Waals surface area contributed by atoms with Crippen LogP contribution in [0.2, 0.25) is 0 Å². The van der Waals surface area contributed by atoms with Crippen molar-refractivity contribution in [2.45, 2.75) is 0 Å². The molecule has 0 amide bonds. The summed E-state index contributed by atoms with van der Waals surface area (Å²) in [4.78, 5) is 19.0. The molecule has 1 aromatic heterocycles. The third kappa shape index (κ3) is 3.05. The maximum absolute atomic E-state index is 13.6. The zero-order valence-corrected chi connectivity index (χ0v) is 11.3. The number of hydrogen-bond acceptors (Lipinski definition) is 5. The fourth-order valence-electron chi connectivity index (χ4n) is 1.31. The van der Waals surface area contributed by atoms with E-state index in [-0.39, 0.29) is 17.2 Å². The molecule has 0 unspecified atom stereocenters. The first-order valence-electron chi connectivity index (χ1n) is 5.13. The second-order valence-corrected chi connectivity index (χ2v) is 4.33. The van der Waals surface area contributed by atoms with Gasteiger partial charge in [-0.15, -0.1) is 0 Å². The van der Waals surface area contributed by atoms with Crippen molar-refractivity contribution in [3.8, 4) is 11.6 Å². The first-order chi connectivity index (χ1) is 9.11. The van der Waals surface area contributed by atoms with Gasteiger partial charge in [0.15, 0.2) is 11.6 Å². The van der Waals surface area contributed by atoms with Crippen molar-refractivity contribution in [1.29, 1.82) is 0 Å². The summed E-state index contributed by atoms with van der Waals surface area (Å²) >= 11 is 3.20. The molecule has 0 saturated heterocycles. The topological polar surface area (TPSA) is 61.3 Å². The van der Waals surface area contributed by atoms with E-state index in [0.29, 0.717) is 4.47 Å². The molecule has 0 atom stereocenters. The lowest BCUT2D eigenvalue weighted by molar-refractivity contribution is 0.0596. The molecule has 0 aliphatic carbocycles. The fourth-order valence-corrected chi connectivity index (χ4v) is 1.65. The van der Waals surface area contributed by atoms with Gasteiger partial charge in [-0.05, 0) is 18.2 Å². The average molecular weight is 327 g/mol. The number of esters is 1. The Hall–Kier alpha value is -2.02. The van der Waals surface area contributed by atoms with Crippen LogP contribution in [0.5, 0.6) is 11.6 Å². The third-order valence-electron chi connectivity index (χ3n) is 2.18. The van der Waals surface area contributed by atoms with E-state index in [0.717, 1.165) is 0 Å². The average Bonchev–Trinajstić information content (AvgIpc) is 2.42. The second kappa shape index (κ2) is 5.75. The van der Waals surface area contributed by atoms with E-state index in [1.165, 1.54) is 37.8 Å². The summed E-state index contributed by atoms with van der Waals surface area (Å²) < 4.78 is 24.1. The minimum absolute atomic E-state index is 0.0179. The van der Waals surface area contributed by atoms with Crippen LogP contribution in [-0.4, -0.2) is 23.0 Å². The highest BCUT2D eigenvalue weighted by Gasteiger charge is 2.16. The lowest BCUT2D eigenvalue weighted by Gasteiger charge is -2.08. The number of halogens is 2. The highest BCUT2D eigenvalue weighted by atomic mass is 79.9. The zero-order valence-electron chi connectivity index (χ0n) is 9.76. The van der Waals surface area contributed by atoms with E-state index >= 15 is 0 Å². The minimum atomic E-state index is -0.661. The Morgan fingerprint density at radius 1 is 1.42 bits per heavy atom. The summed E-state index contributed by atoms with van der Waals surface area (Å²) in [6.07, 6.45) is 2.43. The smallest absolute Gasteiger partial charge is 0.345 e. The first kappa shape index (κ1) is 13.4. The maximum Gasteiger partial charge on any atom is 0.345 e. The fraction of sp³-hybridized carbons (Fsp3) is 0.0833. The lowest BCUT2D eigenvalue weighted by atomic mass is 10.3. The number of aromatic nitrogens is 2. The first-order valence-corrected chi connectivity index (χ1v) is 5.92. The predicted molar refractivity (Wildman–Crippen MR) is 67.5 cm³/mol. The van der Waals surface area contributed by atoms with Crippen molar-refractivity contribution in [2.75, 3.05) is 7.11 Å². The second-order valence-electron chi connectivity index (χ2n) is 3.41. The molecule has 1 heterocycles. The number of nitrogens with zero attached hydrogens (tertiary/aromatic N) is 2. The number of hydrogen-bond donors (Lipinski definition) is 0. The molecule has 5 nitrogen and oxygen atoms in total. The number of methoxy groups -OCH3 is 1. The molecule has 0 aliphatic heterocycles. The molecule has 0 fully saturated rings. The predicted octanol–water partition coefficient (Wildman–Crippen LogP) is 2.96. The molecule has 19 heavy (non-hydrogen) atoms. The Morgan fingerprint density at radius 3 is 2.95 bits per heavy atom. The van der Waals surface area contributed by atoms with Gasteiger partial charge in [0, 0.05) is 10.7 Å². The van der Waals surface area contributed by atoms with Crippen molar-refractivity contribution in [1.82, 2.24) is 9.97 Å². The van der Waals surface area contributed by atoms with Crippen molar-refractivity contribution in [3.05, 3.63) is 46.6 Å². The highest BCUT2D eigenvalue weighted by molar-refractivity contribution is 9.10. The normalized spacial score (nSPS) is 10.1. The monoisotopic (exact) mass is 326 g/mol. The third-order valence-corrected chi connectivity index (χ3v) is 2.67. The molecule has 0 spiro atoms. The number of rotatable bonds is 3. The van der Waals surface area contributed by atoms with Crippen molar-refractivity contribution >= 4 is 21.9 Å². The molecule has 2 aromatic rings. The van der Waals surface area contributed by atoms with Gasteiger partial charge >= 0.3 is 5.97 Å². The zero-order chi connectivity index (χ0) is 13.8. The van der Waals surface area contributed by atoms with Crippen LogP contribution in [0.4, 0.5) is 4.39 Å². The van der Waals surface area contributed by atoms with Gasteiger partial charge in [-0.3, -0.25) is 0 Å². The van der Waals surface area contributed by atoms with Crippen LogP contribution in [0.25, 0.3) is 0 Å². The summed E-state index contributed by atoms with van der Waals surface area (Å²) in [5.74, 6) is -1.36. The summed E-state index contributed by atoms with van der Waals surface area (Å²) in [5, 5.41) is 0. The Bertz CT molecular complexity index is 622. The molecular weight excluding hydrogens is 319 g/mol. The molecule has 0 radical (unpaired) electrons. The molecule has 0 saturated carbocycles. The molecule has 2 rings (SSSR count). The SMILES string of the molecule is COC(=O)c1cncnc1Oc1cc(Br)ccc1F. The van der Waals surface area contributed by atoms with Crippen LogP contribution in [0, 0.1) is 5.82 Å².